The first kappa shape index (κ1) is 30.8. The fourth-order valence-electron chi connectivity index (χ4n) is 3.35. The molecule has 1 rings (SSSR count). The molecule has 0 saturated heterocycles. The number of carbonyl (C=O) groups excluding carboxylic acids is 4. The molecule has 0 aliphatic heterocycles. The summed E-state index contributed by atoms with van der Waals surface area (Å²) >= 11 is 4.19. The third kappa shape index (κ3) is 9.41. The van der Waals surface area contributed by atoms with Gasteiger partial charge in [-0.3, -0.25) is 14.4 Å². The molecular formula is C25H36N4O6S. The Morgan fingerprint density at radius 3 is 2.42 bits per heavy atom. The van der Waals surface area contributed by atoms with Crippen molar-refractivity contribution in [1.29, 1.82) is 5.26 Å². The van der Waals surface area contributed by atoms with E-state index in [9.17, 15) is 24.4 Å². The van der Waals surface area contributed by atoms with Crippen molar-refractivity contribution < 1.29 is 28.7 Å². The number of amides is 3. The van der Waals surface area contributed by atoms with E-state index in [4.69, 9.17) is 9.47 Å². The largest absolute Gasteiger partial charge is 0.466 e. The standard InChI is InChI=1S/C25H36N4O6S/c1-7-34-20(30)11-13-27-22(31)21(18-10-8-9-16(2)17(18)3)29(14-12-26)23(32)19(15-36)28-24(33)35-25(4,5)6/h8-10,19,21,36H,7,11,13-15H2,1-6H3,(H,27,31)(H,28,33). The fourth-order valence-corrected chi connectivity index (χ4v) is 3.59. The Labute approximate surface area is 218 Å². The normalized spacial score (nSPS) is 12.5. The molecule has 2 unspecified atom stereocenters. The first-order valence-corrected chi connectivity index (χ1v) is 12.3. The van der Waals surface area contributed by atoms with Crippen LogP contribution in [0.3, 0.4) is 0 Å². The zero-order valence-corrected chi connectivity index (χ0v) is 22.6. The van der Waals surface area contributed by atoms with Gasteiger partial charge in [-0.2, -0.15) is 17.9 Å². The van der Waals surface area contributed by atoms with Gasteiger partial charge in [0, 0.05) is 12.3 Å². The molecule has 10 nitrogen and oxygen atoms in total. The Hall–Kier alpha value is -3.26. The average molecular weight is 521 g/mol. The van der Waals surface area contributed by atoms with Crippen LogP contribution in [0.25, 0.3) is 0 Å². The van der Waals surface area contributed by atoms with Gasteiger partial charge in [0.15, 0.2) is 0 Å². The molecule has 0 saturated carbocycles. The molecule has 11 heteroatoms. The highest BCUT2D eigenvalue weighted by atomic mass is 32.1. The Balaban J connectivity index is 3.34. The summed E-state index contributed by atoms with van der Waals surface area (Å²) in [6, 6.07) is 4.90. The number of nitrogens with one attached hydrogen (secondary N) is 2. The summed E-state index contributed by atoms with van der Waals surface area (Å²) in [7, 11) is 0. The molecule has 0 radical (unpaired) electrons. The molecule has 0 aromatic heterocycles. The molecule has 0 fully saturated rings. The second-order valence-electron chi connectivity index (χ2n) is 9.04. The molecule has 0 aliphatic rings. The van der Waals surface area contributed by atoms with E-state index in [1.54, 1.807) is 39.8 Å². The van der Waals surface area contributed by atoms with Crippen molar-refractivity contribution in [2.24, 2.45) is 0 Å². The highest BCUT2D eigenvalue weighted by Gasteiger charge is 2.36. The fraction of sp³-hybridized carbons (Fsp3) is 0.560. The van der Waals surface area contributed by atoms with Crippen LogP contribution < -0.4 is 10.6 Å². The van der Waals surface area contributed by atoms with E-state index in [0.717, 1.165) is 16.0 Å². The predicted molar refractivity (Wildman–Crippen MR) is 137 cm³/mol. The molecule has 0 aliphatic carbocycles. The first-order valence-electron chi connectivity index (χ1n) is 11.6. The smallest absolute Gasteiger partial charge is 0.408 e. The van der Waals surface area contributed by atoms with Crippen molar-refractivity contribution in [2.75, 3.05) is 25.4 Å². The monoisotopic (exact) mass is 520 g/mol. The number of hydrogen-bond acceptors (Lipinski definition) is 8. The van der Waals surface area contributed by atoms with Crippen LogP contribution in [0.1, 0.15) is 56.8 Å². The van der Waals surface area contributed by atoms with Gasteiger partial charge in [-0.1, -0.05) is 18.2 Å². The zero-order valence-electron chi connectivity index (χ0n) is 21.7. The Morgan fingerprint density at radius 1 is 1.19 bits per heavy atom. The highest BCUT2D eigenvalue weighted by Crippen LogP contribution is 2.27. The van der Waals surface area contributed by atoms with Crippen molar-refractivity contribution in [2.45, 2.75) is 65.6 Å². The van der Waals surface area contributed by atoms with Gasteiger partial charge in [0.1, 0.15) is 24.2 Å². The number of alkyl carbamates (subject to hydrolysis) is 1. The van der Waals surface area contributed by atoms with Gasteiger partial charge in [-0.15, -0.1) is 0 Å². The minimum absolute atomic E-state index is 0.0141. The molecule has 0 bridgehead atoms. The topological polar surface area (TPSA) is 138 Å². The average Bonchev–Trinajstić information content (AvgIpc) is 2.78. The van der Waals surface area contributed by atoms with Crippen LogP contribution in [0.15, 0.2) is 18.2 Å². The second-order valence-corrected chi connectivity index (χ2v) is 9.41. The van der Waals surface area contributed by atoms with Gasteiger partial charge < -0.3 is 25.0 Å². The maximum absolute atomic E-state index is 13.5. The van der Waals surface area contributed by atoms with E-state index in [1.165, 1.54) is 0 Å². The maximum atomic E-state index is 13.5. The number of hydrogen-bond donors (Lipinski definition) is 3. The molecule has 0 heterocycles. The Kier molecular flexibility index (Phi) is 12.3. The first-order chi connectivity index (χ1) is 16.9. The minimum atomic E-state index is -1.19. The predicted octanol–water partition coefficient (Wildman–Crippen LogP) is 2.59. The molecule has 198 valence electrons. The van der Waals surface area contributed by atoms with E-state index in [0.29, 0.717) is 5.56 Å². The van der Waals surface area contributed by atoms with Gasteiger partial charge in [0.2, 0.25) is 11.8 Å². The molecule has 36 heavy (non-hydrogen) atoms. The summed E-state index contributed by atoms with van der Waals surface area (Å²) in [6.07, 6.45) is -0.876. The second kappa shape index (κ2) is 14.3. The lowest BCUT2D eigenvalue weighted by Gasteiger charge is -2.33. The molecule has 3 amide bonds. The maximum Gasteiger partial charge on any atom is 0.408 e. The summed E-state index contributed by atoms with van der Waals surface area (Å²) in [5, 5.41) is 14.7. The lowest BCUT2D eigenvalue weighted by Crippen LogP contribution is -2.54. The van der Waals surface area contributed by atoms with Crippen molar-refractivity contribution in [1.82, 2.24) is 15.5 Å². The quantitative estimate of drug-likeness (QED) is 0.232. The summed E-state index contributed by atoms with van der Waals surface area (Å²) in [5.41, 5.74) is 1.38. The molecule has 2 N–H and O–H groups in total. The minimum Gasteiger partial charge on any atom is -0.466 e. The number of thiol groups is 1. The number of benzene rings is 1. The molecule has 2 atom stereocenters. The van der Waals surface area contributed by atoms with Crippen LogP contribution in [-0.2, 0) is 23.9 Å². The zero-order chi connectivity index (χ0) is 27.5. The van der Waals surface area contributed by atoms with Crippen LogP contribution in [0.2, 0.25) is 0 Å². The number of nitriles is 1. The van der Waals surface area contributed by atoms with Crippen LogP contribution >= 0.6 is 12.6 Å². The van der Waals surface area contributed by atoms with Gasteiger partial charge in [-0.05, 0) is 58.2 Å². The Bertz CT molecular complexity index is 986. The summed E-state index contributed by atoms with van der Waals surface area (Å²) in [6.45, 7) is 10.2. The third-order valence-electron chi connectivity index (χ3n) is 5.13. The van der Waals surface area contributed by atoms with Crippen LogP contribution in [0, 0.1) is 25.2 Å². The van der Waals surface area contributed by atoms with E-state index in [2.05, 4.69) is 23.3 Å². The lowest BCUT2D eigenvalue weighted by atomic mass is 9.95. The van der Waals surface area contributed by atoms with Crippen molar-refractivity contribution in [3.05, 3.63) is 34.9 Å². The number of esters is 1. The number of nitrogens with zero attached hydrogens (tertiary/aromatic N) is 2. The van der Waals surface area contributed by atoms with Crippen LogP contribution in [0.5, 0.6) is 0 Å². The van der Waals surface area contributed by atoms with Gasteiger partial charge >= 0.3 is 12.1 Å². The van der Waals surface area contributed by atoms with E-state index >= 15 is 0 Å². The van der Waals surface area contributed by atoms with Crippen molar-refractivity contribution >= 4 is 36.5 Å². The number of aryl methyl sites for hydroxylation is 1. The lowest BCUT2D eigenvalue weighted by molar-refractivity contribution is -0.144. The van der Waals surface area contributed by atoms with Crippen molar-refractivity contribution in [3.63, 3.8) is 0 Å². The third-order valence-corrected chi connectivity index (χ3v) is 5.50. The number of ether oxygens (including phenoxy) is 2. The van der Waals surface area contributed by atoms with E-state index in [1.807, 2.05) is 26.0 Å². The number of carbonyl (C=O) groups is 4. The van der Waals surface area contributed by atoms with Gasteiger partial charge in [-0.25, -0.2) is 4.79 Å². The molecule has 1 aromatic carbocycles. The van der Waals surface area contributed by atoms with Crippen LogP contribution in [-0.4, -0.2) is 65.9 Å². The van der Waals surface area contributed by atoms with E-state index in [-0.39, 0.29) is 25.3 Å². The molecule has 1 aromatic rings. The van der Waals surface area contributed by atoms with Crippen molar-refractivity contribution in [3.8, 4) is 6.07 Å². The van der Waals surface area contributed by atoms with Gasteiger partial charge in [0.05, 0.1) is 19.1 Å². The van der Waals surface area contributed by atoms with Gasteiger partial charge in [0.25, 0.3) is 0 Å². The molecule has 0 spiro atoms. The Morgan fingerprint density at radius 2 is 1.86 bits per heavy atom. The highest BCUT2D eigenvalue weighted by molar-refractivity contribution is 7.80. The molecular weight excluding hydrogens is 484 g/mol. The van der Waals surface area contributed by atoms with Crippen LogP contribution in [0.4, 0.5) is 4.79 Å². The summed E-state index contributed by atoms with van der Waals surface area (Å²) in [5.74, 6) is -1.82. The summed E-state index contributed by atoms with van der Waals surface area (Å²) < 4.78 is 10.1. The summed E-state index contributed by atoms with van der Waals surface area (Å²) in [4.78, 5) is 52.1. The van der Waals surface area contributed by atoms with E-state index < -0.39 is 48.1 Å². The SMILES string of the molecule is CCOC(=O)CCNC(=O)C(c1cccc(C)c1C)N(CC#N)C(=O)C(CS)NC(=O)OC(C)(C)C. The number of rotatable bonds is 11.